The van der Waals surface area contributed by atoms with Gasteiger partial charge >= 0.3 is 0 Å². The Bertz CT molecular complexity index is 1140. The summed E-state index contributed by atoms with van der Waals surface area (Å²) in [5, 5.41) is 21.4. The Kier molecular flexibility index (Phi) is 5.73. The van der Waals surface area contributed by atoms with Crippen molar-refractivity contribution in [1.29, 1.82) is 0 Å². The standard InChI is InChI=1S/C29H36O2/c1-17-11-10-12-22(20-13-18(2)26(30)23(15-20)28(4,5)6)25(17)21-14-19(3)27(31)24(16-21)29(7,8)9/h10-16,30-31H,1-9H3. The molecule has 0 fully saturated rings. The van der Waals surface area contributed by atoms with Gasteiger partial charge in [0.1, 0.15) is 11.5 Å². The van der Waals surface area contributed by atoms with E-state index >= 15 is 0 Å². The lowest BCUT2D eigenvalue weighted by molar-refractivity contribution is 0.442. The van der Waals surface area contributed by atoms with Gasteiger partial charge in [-0.15, -0.1) is 0 Å². The van der Waals surface area contributed by atoms with E-state index in [1.54, 1.807) is 0 Å². The molecule has 0 unspecified atom stereocenters. The summed E-state index contributed by atoms with van der Waals surface area (Å²) in [6.45, 7) is 18.8. The van der Waals surface area contributed by atoms with Crippen LogP contribution >= 0.6 is 0 Å². The first-order valence-electron chi connectivity index (χ1n) is 11.0. The molecule has 0 bridgehead atoms. The Morgan fingerprint density at radius 2 is 1.03 bits per heavy atom. The SMILES string of the molecule is Cc1cc(-c2cccc(C)c2-c2cc(C)c(O)c(C(C)(C)C)c2)cc(C(C)(C)C)c1O. The van der Waals surface area contributed by atoms with Gasteiger partial charge in [-0.3, -0.25) is 0 Å². The predicted molar refractivity (Wildman–Crippen MR) is 132 cm³/mol. The number of rotatable bonds is 2. The molecule has 164 valence electrons. The summed E-state index contributed by atoms with van der Waals surface area (Å²) >= 11 is 0. The molecule has 0 saturated carbocycles. The maximum atomic E-state index is 10.7. The van der Waals surface area contributed by atoms with Crippen LogP contribution in [0, 0.1) is 20.8 Å². The Morgan fingerprint density at radius 3 is 1.52 bits per heavy atom. The van der Waals surface area contributed by atoms with Gasteiger partial charge in [0.25, 0.3) is 0 Å². The van der Waals surface area contributed by atoms with Crippen molar-refractivity contribution < 1.29 is 10.2 Å². The lowest BCUT2D eigenvalue weighted by atomic mass is 9.80. The summed E-state index contributed by atoms with van der Waals surface area (Å²) in [5.41, 5.74) is 9.04. The monoisotopic (exact) mass is 416 g/mol. The molecule has 0 aromatic heterocycles. The van der Waals surface area contributed by atoms with Gasteiger partial charge in [-0.2, -0.15) is 0 Å². The molecule has 31 heavy (non-hydrogen) atoms. The lowest BCUT2D eigenvalue weighted by Crippen LogP contribution is -2.12. The van der Waals surface area contributed by atoms with E-state index in [2.05, 4.69) is 90.9 Å². The molecule has 0 heterocycles. The highest BCUT2D eigenvalue weighted by atomic mass is 16.3. The zero-order valence-corrected chi connectivity index (χ0v) is 20.4. The Hall–Kier alpha value is -2.74. The minimum absolute atomic E-state index is 0.163. The minimum Gasteiger partial charge on any atom is -0.507 e. The molecule has 3 aromatic rings. The number of aromatic hydroxyl groups is 2. The van der Waals surface area contributed by atoms with Crippen molar-refractivity contribution in [3.63, 3.8) is 0 Å². The molecule has 0 radical (unpaired) electrons. The van der Waals surface area contributed by atoms with Gasteiger partial charge in [0, 0.05) is 11.1 Å². The van der Waals surface area contributed by atoms with E-state index in [1.165, 1.54) is 11.1 Å². The van der Waals surface area contributed by atoms with Crippen molar-refractivity contribution in [3.05, 3.63) is 70.3 Å². The second-order valence-electron chi connectivity index (χ2n) is 10.9. The van der Waals surface area contributed by atoms with Crippen LogP contribution in [0.1, 0.15) is 69.4 Å². The van der Waals surface area contributed by atoms with E-state index in [9.17, 15) is 10.2 Å². The van der Waals surface area contributed by atoms with Gasteiger partial charge in [-0.25, -0.2) is 0 Å². The zero-order chi connectivity index (χ0) is 23.3. The molecule has 0 amide bonds. The molecule has 2 N–H and O–H groups in total. The highest BCUT2D eigenvalue weighted by Crippen LogP contribution is 2.43. The number of benzene rings is 3. The van der Waals surface area contributed by atoms with Crippen LogP contribution in [0.15, 0.2) is 42.5 Å². The van der Waals surface area contributed by atoms with Crippen molar-refractivity contribution in [2.24, 2.45) is 0 Å². The first-order valence-corrected chi connectivity index (χ1v) is 11.0. The predicted octanol–water partition coefficient (Wildman–Crippen LogP) is 7.95. The third kappa shape index (κ3) is 4.35. The van der Waals surface area contributed by atoms with Crippen LogP contribution in [0.5, 0.6) is 11.5 Å². The molecule has 3 rings (SSSR count). The summed E-state index contributed by atoms with van der Waals surface area (Å²) in [6.07, 6.45) is 0. The molecule has 0 aliphatic rings. The molecule has 0 aliphatic carbocycles. The largest absolute Gasteiger partial charge is 0.507 e. The molecular formula is C29H36O2. The number of hydrogen-bond acceptors (Lipinski definition) is 2. The number of aryl methyl sites for hydroxylation is 3. The fraction of sp³-hybridized carbons (Fsp3) is 0.379. The summed E-state index contributed by atoms with van der Waals surface area (Å²) in [6, 6.07) is 14.8. The van der Waals surface area contributed by atoms with Crippen LogP contribution in [0.4, 0.5) is 0 Å². The topological polar surface area (TPSA) is 40.5 Å². The van der Waals surface area contributed by atoms with Gasteiger partial charge in [-0.1, -0.05) is 59.7 Å². The van der Waals surface area contributed by atoms with Gasteiger partial charge in [-0.05, 0) is 94.8 Å². The second-order valence-corrected chi connectivity index (χ2v) is 10.9. The number of phenolic OH excluding ortho intramolecular Hbond substituents is 2. The molecule has 0 saturated heterocycles. The van der Waals surface area contributed by atoms with Crippen molar-refractivity contribution in [2.75, 3.05) is 0 Å². The Labute approximate surface area is 187 Å². The van der Waals surface area contributed by atoms with Crippen molar-refractivity contribution >= 4 is 0 Å². The molecule has 0 spiro atoms. The summed E-state index contributed by atoms with van der Waals surface area (Å²) in [4.78, 5) is 0. The quantitative estimate of drug-likeness (QED) is 0.445. The van der Waals surface area contributed by atoms with Crippen LogP contribution in [-0.2, 0) is 10.8 Å². The molecule has 3 aromatic carbocycles. The van der Waals surface area contributed by atoms with Gasteiger partial charge in [0.05, 0.1) is 0 Å². The van der Waals surface area contributed by atoms with Crippen molar-refractivity contribution in [1.82, 2.24) is 0 Å². The fourth-order valence-electron chi connectivity index (χ4n) is 4.29. The van der Waals surface area contributed by atoms with Crippen LogP contribution < -0.4 is 0 Å². The van der Waals surface area contributed by atoms with E-state index in [-0.39, 0.29) is 10.8 Å². The van der Waals surface area contributed by atoms with E-state index < -0.39 is 0 Å². The van der Waals surface area contributed by atoms with Crippen LogP contribution in [0.3, 0.4) is 0 Å². The van der Waals surface area contributed by atoms with E-state index in [4.69, 9.17) is 0 Å². The third-order valence-corrected chi connectivity index (χ3v) is 6.09. The molecule has 2 heteroatoms. The van der Waals surface area contributed by atoms with Crippen LogP contribution in [0.2, 0.25) is 0 Å². The van der Waals surface area contributed by atoms with Crippen molar-refractivity contribution in [2.45, 2.75) is 73.1 Å². The zero-order valence-electron chi connectivity index (χ0n) is 20.4. The fourth-order valence-corrected chi connectivity index (χ4v) is 4.29. The molecule has 0 aliphatic heterocycles. The lowest BCUT2D eigenvalue weighted by Gasteiger charge is -2.25. The smallest absolute Gasteiger partial charge is 0.122 e. The summed E-state index contributed by atoms with van der Waals surface area (Å²) < 4.78 is 0. The average molecular weight is 417 g/mol. The van der Waals surface area contributed by atoms with Gasteiger partial charge in [0.15, 0.2) is 0 Å². The molecule has 0 atom stereocenters. The van der Waals surface area contributed by atoms with Crippen LogP contribution in [-0.4, -0.2) is 10.2 Å². The maximum absolute atomic E-state index is 10.7. The van der Waals surface area contributed by atoms with Crippen LogP contribution in [0.25, 0.3) is 22.3 Å². The average Bonchev–Trinajstić information content (AvgIpc) is 2.64. The molecule has 2 nitrogen and oxygen atoms in total. The van der Waals surface area contributed by atoms with E-state index in [0.29, 0.717) is 11.5 Å². The minimum atomic E-state index is -0.164. The normalized spacial score (nSPS) is 12.3. The highest BCUT2D eigenvalue weighted by Gasteiger charge is 2.24. The van der Waals surface area contributed by atoms with Gasteiger partial charge in [0.2, 0.25) is 0 Å². The second kappa shape index (κ2) is 7.75. The van der Waals surface area contributed by atoms with E-state index in [1.807, 2.05) is 13.8 Å². The first kappa shape index (κ1) is 22.9. The maximum Gasteiger partial charge on any atom is 0.122 e. The third-order valence-electron chi connectivity index (χ3n) is 6.09. The number of phenols is 2. The van der Waals surface area contributed by atoms with E-state index in [0.717, 1.165) is 38.9 Å². The Balaban J connectivity index is 2.35. The highest BCUT2D eigenvalue weighted by molar-refractivity contribution is 5.87. The molecular weight excluding hydrogens is 380 g/mol. The Morgan fingerprint density at radius 1 is 0.581 bits per heavy atom. The van der Waals surface area contributed by atoms with Crippen molar-refractivity contribution in [3.8, 4) is 33.8 Å². The summed E-state index contributed by atoms with van der Waals surface area (Å²) in [5.74, 6) is 0.753. The number of hydrogen-bond donors (Lipinski definition) is 2. The summed E-state index contributed by atoms with van der Waals surface area (Å²) in [7, 11) is 0. The first-order chi connectivity index (χ1) is 14.2. The van der Waals surface area contributed by atoms with Gasteiger partial charge < -0.3 is 10.2 Å².